The van der Waals surface area contributed by atoms with Gasteiger partial charge in [-0.1, -0.05) is 0 Å². The van der Waals surface area contributed by atoms with Gasteiger partial charge in [-0.2, -0.15) is 0 Å². The van der Waals surface area contributed by atoms with Gasteiger partial charge in [-0.25, -0.2) is 0 Å². The number of rotatable bonds is 7. The van der Waals surface area contributed by atoms with Gasteiger partial charge in [-0.15, -0.1) is 11.3 Å². The number of ether oxygens (including phenoxy) is 2. The van der Waals surface area contributed by atoms with E-state index in [-0.39, 0.29) is 23.5 Å². The molecule has 0 aliphatic carbocycles. The Labute approximate surface area is 136 Å². The number of nitrogens with two attached hydrogens (primary N) is 1. The van der Waals surface area contributed by atoms with Gasteiger partial charge >= 0.3 is 0 Å². The fraction of sp³-hybridized carbons (Fsp3) is 0.133. The van der Waals surface area contributed by atoms with Crippen molar-refractivity contribution in [1.29, 1.82) is 0 Å². The number of hydrogen-bond donors (Lipinski definition) is 2. The van der Waals surface area contributed by atoms with E-state index in [9.17, 15) is 14.4 Å². The number of nitrogens with one attached hydrogen (secondary N) is 1. The molecule has 0 saturated heterocycles. The zero-order chi connectivity index (χ0) is 16.8. The van der Waals surface area contributed by atoms with Crippen LogP contribution in [-0.4, -0.2) is 31.8 Å². The molecule has 0 fully saturated rings. The van der Waals surface area contributed by atoms with Gasteiger partial charge in [0, 0.05) is 0 Å². The van der Waals surface area contributed by atoms with E-state index in [1.54, 1.807) is 11.4 Å². The number of carbonyl (C=O) groups excluding carboxylic acids is 3. The molecule has 0 bridgehead atoms. The van der Waals surface area contributed by atoms with Crippen LogP contribution in [-0.2, 0) is 4.79 Å². The molecule has 2 rings (SSSR count). The van der Waals surface area contributed by atoms with E-state index in [2.05, 4.69) is 5.32 Å². The third kappa shape index (κ3) is 4.07. The fourth-order valence-electron chi connectivity index (χ4n) is 1.78. The van der Waals surface area contributed by atoms with E-state index in [4.69, 9.17) is 15.2 Å². The maximum Gasteiger partial charge on any atom is 0.262 e. The van der Waals surface area contributed by atoms with Crippen LogP contribution in [0.3, 0.4) is 0 Å². The maximum atomic E-state index is 11.9. The minimum absolute atomic E-state index is 0.237. The van der Waals surface area contributed by atoms with Crippen molar-refractivity contribution in [1.82, 2.24) is 0 Å². The molecule has 0 saturated carbocycles. The van der Waals surface area contributed by atoms with Crippen LogP contribution in [0.2, 0.25) is 0 Å². The predicted octanol–water partition coefficient (Wildman–Crippen LogP) is 1.69. The Morgan fingerprint density at radius 1 is 1.35 bits per heavy atom. The van der Waals surface area contributed by atoms with Crippen molar-refractivity contribution in [2.24, 2.45) is 5.73 Å². The third-order valence-electron chi connectivity index (χ3n) is 2.89. The Kier molecular flexibility index (Phi) is 5.32. The number of carbonyl (C=O) groups is 3. The SMILES string of the molecule is COc1ccc(OCC(=O)Nc2sccc2C(N)=O)c(C=O)c1. The van der Waals surface area contributed by atoms with Crippen LogP contribution in [0.15, 0.2) is 29.6 Å². The van der Waals surface area contributed by atoms with Gasteiger partial charge < -0.3 is 20.5 Å². The Hall–Kier alpha value is -2.87. The Morgan fingerprint density at radius 2 is 2.13 bits per heavy atom. The summed E-state index contributed by atoms with van der Waals surface area (Å²) in [6.45, 7) is -0.316. The first kappa shape index (κ1) is 16.5. The van der Waals surface area contributed by atoms with Crippen LogP contribution in [0.4, 0.5) is 5.00 Å². The number of methoxy groups -OCH3 is 1. The smallest absolute Gasteiger partial charge is 0.262 e. The van der Waals surface area contributed by atoms with Gasteiger partial charge in [-0.05, 0) is 29.6 Å². The van der Waals surface area contributed by atoms with Crippen molar-refractivity contribution in [3.8, 4) is 11.5 Å². The monoisotopic (exact) mass is 334 g/mol. The summed E-state index contributed by atoms with van der Waals surface area (Å²) in [6, 6.07) is 6.18. The minimum Gasteiger partial charge on any atom is -0.497 e. The number of anilines is 1. The molecule has 8 heteroatoms. The highest BCUT2D eigenvalue weighted by molar-refractivity contribution is 7.14. The number of thiophene rings is 1. The molecule has 1 heterocycles. The molecule has 7 nitrogen and oxygen atoms in total. The quantitative estimate of drug-likeness (QED) is 0.749. The summed E-state index contributed by atoms with van der Waals surface area (Å²) in [4.78, 5) is 34.1. The average molecular weight is 334 g/mol. The lowest BCUT2D eigenvalue weighted by Crippen LogP contribution is -2.22. The van der Waals surface area contributed by atoms with E-state index >= 15 is 0 Å². The van der Waals surface area contributed by atoms with Crippen LogP contribution >= 0.6 is 11.3 Å². The standard InChI is InChI=1S/C15H14N2O5S/c1-21-10-2-3-12(9(6-10)7-18)22-8-13(19)17-15-11(14(16)20)4-5-23-15/h2-7H,8H2,1H3,(H2,16,20)(H,17,19). The molecule has 0 radical (unpaired) electrons. The molecular formula is C15H14N2O5S. The molecule has 0 atom stereocenters. The van der Waals surface area contributed by atoms with E-state index in [0.717, 1.165) is 0 Å². The zero-order valence-electron chi connectivity index (χ0n) is 12.2. The molecule has 0 unspecified atom stereocenters. The van der Waals surface area contributed by atoms with Crippen molar-refractivity contribution >= 4 is 34.4 Å². The first-order valence-corrected chi connectivity index (χ1v) is 7.36. The first-order valence-electron chi connectivity index (χ1n) is 6.48. The minimum atomic E-state index is -0.624. The summed E-state index contributed by atoms with van der Waals surface area (Å²) < 4.78 is 10.3. The normalized spacial score (nSPS) is 9.96. The van der Waals surface area contributed by atoms with E-state index < -0.39 is 11.8 Å². The van der Waals surface area contributed by atoms with Gasteiger partial charge in [0.15, 0.2) is 12.9 Å². The Balaban J connectivity index is 2.00. The second kappa shape index (κ2) is 7.41. The number of aldehydes is 1. The summed E-state index contributed by atoms with van der Waals surface area (Å²) in [5.41, 5.74) is 5.71. The Morgan fingerprint density at radius 3 is 2.78 bits per heavy atom. The maximum absolute atomic E-state index is 11.9. The largest absolute Gasteiger partial charge is 0.497 e. The van der Waals surface area contributed by atoms with Crippen molar-refractivity contribution in [3.63, 3.8) is 0 Å². The van der Waals surface area contributed by atoms with E-state index in [0.29, 0.717) is 17.0 Å². The summed E-state index contributed by atoms with van der Waals surface area (Å²) in [7, 11) is 1.48. The fourth-order valence-corrected chi connectivity index (χ4v) is 2.59. The average Bonchev–Trinajstić information content (AvgIpc) is 3.01. The van der Waals surface area contributed by atoms with Crippen LogP contribution in [0.25, 0.3) is 0 Å². The van der Waals surface area contributed by atoms with Crippen LogP contribution in [0.5, 0.6) is 11.5 Å². The number of benzene rings is 1. The van der Waals surface area contributed by atoms with Gasteiger partial charge in [-0.3, -0.25) is 14.4 Å². The highest BCUT2D eigenvalue weighted by Gasteiger charge is 2.13. The summed E-state index contributed by atoms with van der Waals surface area (Å²) >= 11 is 1.18. The highest BCUT2D eigenvalue weighted by Crippen LogP contribution is 2.24. The Bertz CT molecular complexity index is 741. The van der Waals surface area contributed by atoms with Crippen LogP contribution in [0.1, 0.15) is 20.7 Å². The topological polar surface area (TPSA) is 108 Å². The lowest BCUT2D eigenvalue weighted by Gasteiger charge is -2.10. The predicted molar refractivity (Wildman–Crippen MR) is 85.3 cm³/mol. The summed E-state index contributed by atoms with van der Waals surface area (Å²) in [5, 5.41) is 4.54. The summed E-state index contributed by atoms with van der Waals surface area (Å²) in [6.07, 6.45) is 0.611. The molecule has 23 heavy (non-hydrogen) atoms. The van der Waals surface area contributed by atoms with E-state index in [1.165, 1.54) is 36.6 Å². The van der Waals surface area contributed by atoms with Crippen molar-refractivity contribution in [3.05, 3.63) is 40.8 Å². The second-order valence-electron chi connectivity index (χ2n) is 4.39. The first-order chi connectivity index (χ1) is 11.0. The number of amides is 2. The molecule has 1 aromatic carbocycles. The molecular weight excluding hydrogens is 320 g/mol. The highest BCUT2D eigenvalue weighted by atomic mass is 32.1. The number of primary amides is 1. The lowest BCUT2D eigenvalue weighted by molar-refractivity contribution is -0.118. The van der Waals surface area contributed by atoms with Crippen LogP contribution < -0.4 is 20.5 Å². The molecule has 2 aromatic rings. The van der Waals surface area contributed by atoms with Crippen LogP contribution in [0, 0.1) is 0 Å². The van der Waals surface area contributed by atoms with E-state index in [1.807, 2.05) is 0 Å². The van der Waals surface area contributed by atoms with Crippen molar-refractivity contribution < 1.29 is 23.9 Å². The zero-order valence-corrected chi connectivity index (χ0v) is 13.0. The lowest BCUT2D eigenvalue weighted by atomic mass is 10.2. The molecule has 1 aromatic heterocycles. The molecule has 0 aliphatic heterocycles. The van der Waals surface area contributed by atoms with Crippen molar-refractivity contribution in [2.75, 3.05) is 19.0 Å². The van der Waals surface area contributed by atoms with Crippen molar-refractivity contribution in [2.45, 2.75) is 0 Å². The molecule has 0 aliphatic rings. The van der Waals surface area contributed by atoms with Gasteiger partial charge in [0.05, 0.1) is 18.2 Å². The summed E-state index contributed by atoms with van der Waals surface area (Å²) in [5.74, 6) is -0.325. The van der Waals surface area contributed by atoms with Gasteiger partial charge in [0.2, 0.25) is 0 Å². The number of hydrogen-bond acceptors (Lipinski definition) is 6. The molecule has 0 spiro atoms. The molecule has 120 valence electrons. The molecule has 2 amide bonds. The third-order valence-corrected chi connectivity index (χ3v) is 3.72. The molecule has 3 N–H and O–H groups in total. The van der Waals surface area contributed by atoms with Gasteiger partial charge in [0.25, 0.3) is 11.8 Å². The second-order valence-corrected chi connectivity index (χ2v) is 5.30. The van der Waals surface area contributed by atoms with Gasteiger partial charge in [0.1, 0.15) is 16.5 Å².